The number of rotatable bonds is 4. The van der Waals surface area contributed by atoms with E-state index in [1.165, 1.54) is 6.07 Å². The van der Waals surface area contributed by atoms with Gasteiger partial charge in [0.1, 0.15) is 17.1 Å². The molecule has 0 unspecified atom stereocenters. The molecule has 6 heteroatoms. The standard InChI is InChI=1S/C19H15ClO5/c1-11-3-6-15(20)17(7-11)25-19(22)10-23-13-4-5-14-12(2)8-18(21)24-16(14)9-13/h3-9H,10H2,1-2H3. The number of carbonyl (C=O) groups excluding carboxylic acids is 1. The van der Waals surface area contributed by atoms with E-state index < -0.39 is 11.6 Å². The lowest BCUT2D eigenvalue weighted by molar-refractivity contribution is -0.136. The van der Waals surface area contributed by atoms with Gasteiger partial charge < -0.3 is 13.9 Å². The van der Waals surface area contributed by atoms with Crippen molar-refractivity contribution in [1.29, 1.82) is 0 Å². The summed E-state index contributed by atoms with van der Waals surface area (Å²) in [6.07, 6.45) is 0. The summed E-state index contributed by atoms with van der Waals surface area (Å²) in [7, 11) is 0. The Morgan fingerprint density at radius 3 is 2.72 bits per heavy atom. The van der Waals surface area contributed by atoms with Crippen molar-refractivity contribution in [3.63, 3.8) is 0 Å². The number of aryl methyl sites for hydroxylation is 2. The molecule has 0 aliphatic carbocycles. The Morgan fingerprint density at radius 1 is 1.12 bits per heavy atom. The van der Waals surface area contributed by atoms with Gasteiger partial charge >= 0.3 is 11.6 Å². The molecule has 1 heterocycles. The van der Waals surface area contributed by atoms with E-state index in [1.807, 2.05) is 19.9 Å². The second kappa shape index (κ2) is 6.99. The van der Waals surface area contributed by atoms with Crippen molar-refractivity contribution in [3.8, 4) is 11.5 Å². The van der Waals surface area contributed by atoms with Crippen LogP contribution in [0, 0.1) is 13.8 Å². The number of hydrogen-bond donors (Lipinski definition) is 0. The van der Waals surface area contributed by atoms with E-state index in [1.54, 1.807) is 30.3 Å². The fourth-order valence-electron chi connectivity index (χ4n) is 2.38. The Hall–Kier alpha value is -2.79. The van der Waals surface area contributed by atoms with Crippen LogP contribution >= 0.6 is 11.6 Å². The third-order valence-corrected chi connectivity index (χ3v) is 3.90. The minimum absolute atomic E-state index is 0.287. The first-order valence-corrected chi connectivity index (χ1v) is 7.94. The van der Waals surface area contributed by atoms with Crippen molar-refractivity contribution >= 4 is 28.5 Å². The van der Waals surface area contributed by atoms with Crippen LogP contribution in [-0.4, -0.2) is 12.6 Å². The van der Waals surface area contributed by atoms with E-state index in [2.05, 4.69) is 0 Å². The highest BCUT2D eigenvalue weighted by Crippen LogP contribution is 2.26. The Balaban J connectivity index is 1.70. The van der Waals surface area contributed by atoms with Gasteiger partial charge in [-0.2, -0.15) is 0 Å². The van der Waals surface area contributed by atoms with E-state index in [9.17, 15) is 9.59 Å². The van der Waals surface area contributed by atoms with E-state index >= 15 is 0 Å². The van der Waals surface area contributed by atoms with Crippen LogP contribution in [0.4, 0.5) is 0 Å². The summed E-state index contributed by atoms with van der Waals surface area (Å²) in [4.78, 5) is 23.4. The van der Waals surface area contributed by atoms with E-state index in [0.29, 0.717) is 16.4 Å². The summed E-state index contributed by atoms with van der Waals surface area (Å²) in [6.45, 7) is 3.39. The largest absolute Gasteiger partial charge is 0.482 e. The highest BCUT2D eigenvalue weighted by atomic mass is 35.5. The second-order valence-corrected chi connectivity index (χ2v) is 6.01. The molecule has 25 heavy (non-hydrogen) atoms. The third kappa shape index (κ3) is 4.00. The van der Waals surface area contributed by atoms with Crippen molar-refractivity contribution in [3.05, 3.63) is 69.0 Å². The lowest BCUT2D eigenvalue weighted by atomic mass is 10.1. The van der Waals surface area contributed by atoms with Crippen LogP contribution in [0.25, 0.3) is 11.0 Å². The molecule has 0 aliphatic heterocycles. The maximum Gasteiger partial charge on any atom is 0.349 e. The minimum atomic E-state index is -0.585. The van der Waals surface area contributed by atoms with Gasteiger partial charge in [-0.15, -0.1) is 0 Å². The average Bonchev–Trinajstić information content (AvgIpc) is 2.56. The Morgan fingerprint density at radius 2 is 1.92 bits per heavy atom. The Labute approximate surface area is 148 Å². The topological polar surface area (TPSA) is 65.7 Å². The summed E-state index contributed by atoms with van der Waals surface area (Å²) in [5.41, 5.74) is 1.70. The monoisotopic (exact) mass is 358 g/mol. The summed E-state index contributed by atoms with van der Waals surface area (Å²) in [6, 6.07) is 11.6. The molecule has 0 fully saturated rings. The van der Waals surface area contributed by atoms with Gasteiger partial charge in [-0.05, 0) is 49.2 Å². The molecule has 0 radical (unpaired) electrons. The molecule has 0 spiro atoms. The van der Waals surface area contributed by atoms with E-state index in [0.717, 1.165) is 16.5 Å². The summed E-state index contributed by atoms with van der Waals surface area (Å²) in [5.74, 6) is 0.0993. The number of halogens is 1. The van der Waals surface area contributed by atoms with Gasteiger partial charge in [-0.25, -0.2) is 9.59 Å². The molecule has 1 aromatic heterocycles. The molecule has 0 aliphatic rings. The lowest BCUT2D eigenvalue weighted by Crippen LogP contribution is -2.18. The number of ether oxygens (including phenoxy) is 2. The Bertz CT molecular complexity index is 1010. The zero-order valence-corrected chi connectivity index (χ0v) is 14.4. The van der Waals surface area contributed by atoms with Gasteiger partial charge in [-0.1, -0.05) is 17.7 Å². The van der Waals surface area contributed by atoms with Crippen molar-refractivity contribution in [1.82, 2.24) is 0 Å². The second-order valence-electron chi connectivity index (χ2n) is 5.60. The van der Waals surface area contributed by atoms with Crippen LogP contribution in [0.3, 0.4) is 0 Å². The van der Waals surface area contributed by atoms with Crippen LogP contribution in [-0.2, 0) is 4.79 Å². The van der Waals surface area contributed by atoms with Crippen molar-refractivity contribution in [2.24, 2.45) is 0 Å². The van der Waals surface area contributed by atoms with Gasteiger partial charge in [0.05, 0.1) is 5.02 Å². The third-order valence-electron chi connectivity index (χ3n) is 3.59. The Kier molecular flexibility index (Phi) is 4.76. The highest BCUT2D eigenvalue weighted by molar-refractivity contribution is 6.32. The predicted molar refractivity (Wildman–Crippen MR) is 94.5 cm³/mol. The van der Waals surface area contributed by atoms with Crippen LogP contribution in [0.5, 0.6) is 11.5 Å². The highest BCUT2D eigenvalue weighted by Gasteiger charge is 2.11. The maximum atomic E-state index is 11.9. The summed E-state index contributed by atoms with van der Waals surface area (Å²) in [5, 5.41) is 1.16. The molecule has 0 amide bonds. The number of benzene rings is 2. The fourth-order valence-corrected chi connectivity index (χ4v) is 2.53. The molecule has 0 saturated carbocycles. The first kappa shape index (κ1) is 17.0. The SMILES string of the molecule is Cc1ccc(Cl)c(OC(=O)COc2ccc3c(C)cc(=O)oc3c2)c1. The molecular weight excluding hydrogens is 344 g/mol. The van der Waals surface area contributed by atoms with Crippen LogP contribution in [0.1, 0.15) is 11.1 Å². The molecule has 5 nitrogen and oxygen atoms in total. The molecule has 3 rings (SSSR count). The molecule has 0 saturated heterocycles. The van der Waals surface area contributed by atoms with Crippen molar-refractivity contribution in [2.45, 2.75) is 13.8 Å². The zero-order valence-electron chi connectivity index (χ0n) is 13.7. The number of esters is 1. The number of hydrogen-bond acceptors (Lipinski definition) is 5. The molecular formula is C19H15ClO5. The molecule has 3 aromatic rings. The summed E-state index contributed by atoms with van der Waals surface area (Å²) >= 11 is 5.99. The van der Waals surface area contributed by atoms with Crippen LogP contribution in [0.2, 0.25) is 5.02 Å². The van der Waals surface area contributed by atoms with Gasteiger partial charge in [0.25, 0.3) is 0 Å². The maximum absolute atomic E-state index is 11.9. The fraction of sp³-hybridized carbons (Fsp3) is 0.158. The first-order valence-electron chi connectivity index (χ1n) is 7.56. The van der Waals surface area contributed by atoms with Gasteiger partial charge in [0.15, 0.2) is 6.61 Å². The number of carbonyl (C=O) groups is 1. The average molecular weight is 359 g/mol. The normalized spacial score (nSPS) is 10.7. The van der Waals surface area contributed by atoms with E-state index in [4.69, 9.17) is 25.5 Å². The lowest BCUT2D eigenvalue weighted by Gasteiger charge is -2.09. The zero-order chi connectivity index (χ0) is 18.0. The smallest absolute Gasteiger partial charge is 0.349 e. The quantitative estimate of drug-likeness (QED) is 0.400. The van der Waals surface area contributed by atoms with Crippen molar-refractivity contribution in [2.75, 3.05) is 6.61 Å². The van der Waals surface area contributed by atoms with Crippen molar-refractivity contribution < 1.29 is 18.7 Å². The first-order chi connectivity index (χ1) is 11.9. The number of fused-ring (bicyclic) bond motifs is 1. The molecule has 0 atom stereocenters. The van der Waals surface area contributed by atoms with E-state index in [-0.39, 0.29) is 12.4 Å². The van der Waals surface area contributed by atoms with Gasteiger partial charge in [0, 0.05) is 17.5 Å². The minimum Gasteiger partial charge on any atom is -0.482 e. The molecule has 128 valence electrons. The predicted octanol–water partition coefficient (Wildman–Crippen LogP) is 4.05. The summed E-state index contributed by atoms with van der Waals surface area (Å²) < 4.78 is 15.8. The molecule has 0 N–H and O–H groups in total. The van der Waals surface area contributed by atoms with Gasteiger partial charge in [0.2, 0.25) is 0 Å². The molecule has 0 bridgehead atoms. The molecule has 2 aromatic carbocycles. The van der Waals surface area contributed by atoms with Crippen LogP contribution in [0.15, 0.2) is 51.7 Å². The van der Waals surface area contributed by atoms with Crippen LogP contribution < -0.4 is 15.1 Å². The van der Waals surface area contributed by atoms with Gasteiger partial charge in [-0.3, -0.25) is 0 Å².